The van der Waals surface area contributed by atoms with Gasteiger partial charge in [-0.1, -0.05) is 29.8 Å². The molecule has 7 nitrogen and oxygen atoms in total. The molecule has 0 aliphatic heterocycles. The molecule has 3 heterocycles. The zero-order valence-corrected chi connectivity index (χ0v) is 20.7. The van der Waals surface area contributed by atoms with Crippen LogP contribution in [0.2, 0.25) is 0 Å². The molecule has 3 aromatic heterocycles. The predicted molar refractivity (Wildman–Crippen MR) is 136 cm³/mol. The highest BCUT2D eigenvalue weighted by Crippen LogP contribution is 2.44. The zero-order chi connectivity index (χ0) is 24.3. The second-order valence-corrected chi connectivity index (χ2v) is 11.2. The lowest BCUT2D eigenvalue weighted by atomic mass is 9.77. The molecule has 0 spiro atoms. The third-order valence-corrected chi connectivity index (χ3v) is 8.77. The van der Waals surface area contributed by atoms with Gasteiger partial charge in [-0.2, -0.15) is 5.10 Å². The van der Waals surface area contributed by atoms with Gasteiger partial charge >= 0.3 is 0 Å². The molecule has 0 radical (unpaired) electrons. The van der Waals surface area contributed by atoms with E-state index in [0.717, 1.165) is 51.3 Å². The highest BCUT2D eigenvalue weighted by molar-refractivity contribution is 7.90. The highest BCUT2D eigenvalue weighted by Gasteiger charge is 2.34. The first-order chi connectivity index (χ1) is 16.8. The summed E-state index contributed by atoms with van der Waals surface area (Å²) in [4.78, 5) is 4.91. The third-order valence-electron chi connectivity index (χ3n) is 7.11. The van der Waals surface area contributed by atoms with Gasteiger partial charge in [0.25, 0.3) is 10.0 Å². The van der Waals surface area contributed by atoms with Gasteiger partial charge in [0.15, 0.2) is 5.65 Å². The van der Waals surface area contributed by atoms with Crippen molar-refractivity contribution in [3.8, 4) is 11.1 Å². The highest BCUT2D eigenvalue weighted by atomic mass is 32.2. The molecule has 0 amide bonds. The molecule has 0 N–H and O–H groups in total. The lowest BCUT2D eigenvalue weighted by Crippen LogP contribution is -2.28. The van der Waals surface area contributed by atoms with Crippen molar-refractivity contribution in [1.29, 1.82) is 0 Å². The molecule has 1 saturated carbocycles. The van der Waals surface area contributed by atoms with E-state index < -0.39 is 10.0 Å². The molecule has 178 valence electrons. The maximum absolute atomic E-state index is 13.7. The summed E-state index contributed by atoms with van der Waals surface area (Å²) in [6.07, 6.45) is 9.26. The minimum atomic E-state index is -3.82. The number of benzene rings is 2. The fraction of sp³-hybridized carbons (Fsp3) is 0.259. The molecule has 0 unspecified atom stereocenters. The van der Waals surface area contributed by atoms with Crippen LogP contribution >= 0.6 is 0 Å². The second kappa shape index (κ2) is 8.03. The first kappa shape index (κ1) is 22.0. The Kier molecular flexibility index (Phi) is 5.05. The summed E-state index contributed by atoms with van der Waals surface area (Å²) in [6.45, 7) is 1.94. The van der Waals surface area contributed by atoms with Crippen LogP contribution in [0.1, 0.15) is 29.9 Å². The van der Waals surface area contributed by atoms with E-state index in [2.05, 4.69) is 22.2 Å². The van der Waals surface area contributed by atoms with Crippen molar-refractivity contribution in [2.75, 3.05) is 7.11 Å². The molecule has 35 heavy (non-hydrogen) atoms. The summed E-state index contributed by atoms with van der Waals surface area (Å²) < 4.78 is 36.1. The van der Waals surface area contributed by atoms with Crippen LogP contribution in [0.3, 0.4) is 0 Å². The van der Waals surface area contributed by atoms with E-state index >= 15 is 0 Å². The van der Waals surface area contributed by atoms with Gasteiger partial charge in [-0.05, 0) is 60.4 Å². The van der Waals surface area contributed by atoms with Gasteiger partial charge in [0, 0.05) is 49.1 Å². The standard InChI is InChI=1S/C27H26N4O3S/c1-17-4-8-23(9-5-17)35(32,33)31-16-25(20-10-22(11-20)34-3)26-24-12-18(21-14-29-30(2)15-21)6-7-19(24)13-28-27(26)31/h4-9,12-16,20,22H,10-11H2,1-3H3. The number of hydrogen-bond acceptors (Lipinski definition) is 5. The molecule has 6 rings (SSSR count). The number of aryl methyl sites for hydroxylation is 2. The minimum absolute atomic E-state index is 0.195. The number of nitrogens with zero attached hydrogens (tertiary/aromatic N) is 4. The number of methoxy groups -OCH3 is 1. The van der Waals surface area contributed by atoms with E-state index in [1.54, 1.807) is 36.3 Å². The van der Waals surface area contributed by atoms with Crippen molar-refractivity contribution in [1.82, 2.24) is 18.7 Å². The molecule has 0 saturated heterocycles. The van der Waals surface area contributed by atoms with Crippen molar-refractivity contribution < 1.29 is 13.2 Å². The summed E-state index contributed by atoms with van der Waals surface area (Å²) in [5.41, 5.74) is 4.51. The smallest absolute Gasteiger partial charge is 0.269 e. The van der Waals surface area contributed by atoms with Crippen LogP contribution in [0.5, 0.6) is 0 Å². The molecule has 1 fully saturated rings. The zero-order valence-electron chi connectivity index (χ0n) is 19.8. The summed E-state index contributed by atoms with van der Waals surface area (Å²) in [5, 5.41) is 7.16. The molecular weight excluding hydrogens is 460 g/mol. The van der Waals surface area contributed by atoms with Gasteiger partial charge in [-0.15, -0.1) is 0 Å². The van der Waals surface area contributed by atoms with Gasteiger partial charge < -0.3 is 4.74 Å². The lowest BCUT2D eigenvalue weighted by molar-refractivity contribution is 0.0261. The molecular formula is C27H26N4O3S. The molecule has 8 heteroatoms. The summed E-state index contributed by atoms with van der Waals surface area (Å²) in [6, 6.07) is 13.2. The Balaban J connectivity index is 1.61. The van der Waals surface area contributed by atoms with Crippen molar-refractivity contribution in [2.45, 2.75) is 36.7 Å². The van der Waals surface area contributed by atoms with Crippen LogP contribution in [-0.4, -0.2) is 40.4 Å². The average molecular weight is 487 g/mol. The van der Waals surface area contributed by atoms with Crippen LogP contribution < -0.4 is 0 Å². The topological polar surface area (TPSA) is 79.0 Å². The summed E-state index contributed by atoms with van der Waals surface area (Å²) in [7, 11) is -0.198. The SMILES string of the molecule is COC1CC(c2cn(S(=O)(=O)c3ccc(C)cc3)c3ncc4ccc(-c5cnn(C)c5)cc4c23)C1. The van der Waals surface area contributed by atoms with E-state index in [-0.39, 0.29) is 16.9 Å². The fourth-order valence-corrected chi connectivity index (χ4v) is 6.31. The Hall–Kier alpha value is -3.49. The fourth-order valence-electron chi connectivity index (χ4n) is 4.98. The Bertz CT molecular complexity index is 1680. The molecule has 1 aliphatic rings. The first-order valence-electron chi connectivity index (χ1n) is 11.6. The minimum Gasteiger partial charge on any atom is -0.381 e. The quantitative estimate of drug-likeness (QED) is 0.348. The Morgan fingerprint density at radius 2 is 1.77 bits per heavy atom. The first-order valence-corrected chi connectivity index (χ1v) is 13.1. The molecule has 5 aromatic rings. The molecule has 0 bridgehead atoms. The predicted octanol–water partition coefficient (Wildman–Crippen LogP) is 5.03. The van der Waals surface area contributed by atoms with Crippen molar-refractivity contribution in [2.24, 2.45) is 7.05 Å². The number of rotatable bonds is 5. The van der Waals surface area contributed by atoms with E-state index in [4.69, 9.17) is 4.74 Å². The van der Waals surface area contributed by atoms with Crippen LogP contribution in [0, 0.1) is 6.92 Å². The van der Waals surface area contributed by atoms with Gasteiger partial charge in [0.2, 0.25) is 0 Å². The maximum atomic E-state index is 13.7. The third kappa shape index (κ3) is 3.56. The van der Waals surface area contributed by atoms with Crippen molar-refractivity contribution in [3.63, 3.8) is 0 Å². The van der Waals surface area contributed by atoms with Crippen molar-refractivity contribution in [3.05, 3.63) is 78.4 Å². The second-order valence-electron chi connectivity index (χ2n) is 9.39. The number of pyridine rings is 1. The number of ether oxygens (including phenoxy) is 1. The molecule has 1 aliphatic carbocycles. The average Bonchev–Trinajstić information content (AvgIpc) is 3.43. The van der Waals surface area contributed by atoms with E-state index in [1.807, 2.05) is 44.6 Å². The van der Waals surface area contributed by atoms with E-state index in [0.29, 0.717) is 5.65 Å². The van der Waals surface area contributed by atoms with E-state index in [1.165, 1.54) is 3.97 Å². The monoisotopic (exact) mass is 486 g/mol. The Labute approximate surface area is 204 Å². The van der Waals surface area contributed by atoms with E-state index in [9.17, 15) is 8.42 Å². The summed E-state index contributed by atoms with van der Waals surface area (Å²) >= 11 is 0. The van der Waals surface area contributed by atoms with Crippen LogP contribution in [0.4, 0.5) is 0 Å². The summed E-state index contributed by atoms with van der Waals surface area (Å²) in [5.74, 6) is 0.214. The molecule has 2 aromatic carbocycles. The number of hydrogen-bond donors (Lipinski definition) is 0. The van der Waals surface area contributed by atoms with Gasteiger partial charge in [-0.3, -0.25) is 4.68 Å². The van der Waals surface area contributed by atoms with Gasteiger partial charge in [-0.25, -0.2) is 17.4 Å². The number of fused-ring (bicyclic) bond motifs is 3. The van der Waals surface area contributed by atoms with Crippen LogP contribution in [-0.2, 0) is 21.8 Å². The van der Waals surface area contributed by atoms with Gasteiger partial charge in [0.1, 0.15) is 0 Å². The Morgan fingerprint density at radius 3 is 2.46 bits per heavy atom. The largest absolute Gasteiger partial charge is 0.381 e. The normalized spacial score (nSPS) is 18.3. The molecule has 0 atom stereocenters. The maximum Gasteiger partial charge on any atom is 0.269 e. The van der Waals surface area contributed by atoms with Crippen LogP contribution in [0.25, 0.3) is 32.9 Å². The van der Waals surface area contributed by atoms with Crippen LogP contribution in [0.15, 0.2) is 72.1 Å². The van der Waals surface area contributed by atoms with Gasteiger partial charge in [0.05, 0.1) is 17.2 Å². The number of aromatic nitrogens is 4. The van der Waals surface area contributed by atoms with Crippen molar-refractivity contribution >= 4 is 31.8 Å². The Morgan fingerprint density at radius 1 is 1.00 bits per heavy atom. The lowest BCUT2D eigenvalue weighted by Gasteiger charge is -2.34.